The number of benzene rings is 1. The number of carbonyl (C=O) groups excluding carboxylic acids is 2. The fourth-order valence-electron chi connectivity index (χ4n) is 6.65. The molecule has 5 heteroatoms. The number of rotatable bonds is 5. The van der Waals surface area contributed by atoms with Crippen molar-refractivity contribution >= 4 is 17.5 Å². The Labute approximate surface area is 166 Å². The molecule has 0 spiro atoms. The maximum atomic E-state index is 13.1. The quantitative estimate of drug-likeness (QED) is 0.848. The van der Waals surface area contributed by atoms with Crippen molar-refractivity contribution in [2.75, 3.05) is 18.1 Å². The van der Waals surface area contributed by atoms with Gasteiger partial charge in [0.05, 0.1) is 12.5 Å². The number of nitrogens with one attached hydrogen (secondary N) is 1. The van der Waals surface area contributed by atoms with Gasteiger partial charge < -0.3 is 15.0 Å². The predicted octanol–water partition coefficient (Wildman–Crippen LogP) is 3.52. The average Bonchev–Trinajstić information content (AvgIpc) is 3.03. The Kier molecular flexibility index (Phi) is 4.37. The monoisotopic (exact) mass is 382 g/mol. The molecule has 1 aromatic carbocycles. The van der Waals surface area contributed by atoms with E-state index in [-0.39, 0.29) is 23.3 Å². The number of ether oxygens (including phenoxy) is 1. The van der Waals surface area contributed by atoms with Gasteiger partial charge >= 0.3 is 0 Å². The molecule has 0 unspecified atom stereocenters. The molecule has 4 aliphatic carbocycles. The molecular weight excluding hydrogens is 352 g/mol. The molecule has 4 bridgehead atoms. The van der Waals surface area contributed by atoms with E-state index >= 15 is 0 Å². The summed E-state index contributed by atoms with van der Waals surface area (Å²) in [6.45, 7) is 3.05. The molecule has 1 aromatic rings. The molecule has 5 aliphatic rings. The second kappa shape index (κ2) is 6.78. The van der Waals surface area contributed by atoms with Gasteiger partial charge in [-0.15, -0.1) is 0 Å². The molecule has 28 heavy (non-hydrogen) atoms. The topological polar surface area (TPSA) is 58.6 Å². The lowest BCUT2D eigenvalue weighted by molar-refractivity contribution is -0.131. The molecule has 1 aliphatic heterocycles. The highest BCUT2D eigenvalue weighted by molar-refractivity contribution is 6.00. The maximum Gasteiger partial charge on any atom is 0.227 e. The predicted molar refractivity (Wildman–Crippen MR) is 107 cm³/mol. The Morgan fingerprint density at radius 2 is 1.71 bits per heavy atom. The third-order valence-corrected chi connectivity index (χ3v) is 7.38. The van der Waals surface area contributed by atoms with E-state index in [4.69, 9.17) is 4.74 Å². The first-order chi connectivity index (χ1) is 13.5. The zero-order chi connectivity index (χ0) is 19.3. The highest BCUT2D eigenvalue weighted by Gasteiger charge is 2.52. The summed E-state index contributed by atoms with van der Waals surface area (Å²) in [5.41, 5.74) is 0.861. The zero-order valence-corrected chi connectivity index (χ0v) is 16.7. The standard InChI is InChI=1S/C23H30N2O3/c1-2-28-20-5-3-19(4-6-20)25-14-18(10-21(25)26)22(27)24-23-11-15-7-16(12-23)9-17(8-15)13-23/h3-6,15-18H,2,7-14H2,1H3,(H,24,27)/t15?,16?,17?,18-,23?/m1/s1. The van der Waals surface area contributed by atoms with Crippen molar-refractivity contribution in [1.82, 2.24) is 5.32 Å². The van der Waals surface area contributed by atoms with Crippen LogP contribution in [0.4, 0.5) is 5.69 Å². The van der Waals surface area contributed by atoms with Crippen LogP contribution in [-0.4, -0.2) is 30.5 Å². The van der Waals surface area contributed by atoms with Crippen LogP contribution in [0.1, 0.15) is 51.9 Å². The second-order valence-corrected chi connectivity index (χ2v) is 9.52. The molecule has 4 saturated carbocycles. The van der Waals surface area contributed by atoms with E-state index in [1.165, 1.54) is 19.3 Å². The first-order valence-corrected chi connectivity index (χ1v) is 10.9. The minimum atomic E-state index is -0.243. The van der Waals surface area contributed by atoms with Gasteiger partial charge in [0.1, 0.15) is 5.75 Å². The van der Waals surface area contributed by atoms with E-state index in [0.29, 0.717) is 19.6 Å². The first-order valence-electron chi connectivity index (χ1n) is 10.9. The van der Waals surface area contributed by atoms with Crippen LogP contribution >= 0.6 is 0 Å². The van der Waals surface area contributed by atoms with E-state index < -0.39 is 0 Å². The van der Waals surface area contributed by atoms with Gasteiger partial charge in [0.25, 0.3) is 0 Å². The summed E-state index contributed by atoms with van der Waals surface area (Å²) in [4.78, 5) is 27.4. The fourth-order valence-corrected chi connectivity index (χ4v) is 6.65. The number of nitrogens with zero attached hydrogens (tertiary/aromatic N) is 1. The van der Waals surface area contributed by atoms with Gasteiger partial charge in [0, 0.05) is 24.2 Å². The SMILES string of the molecule is CCOc1ccc(N2C[C@H](C(=O)NC34CC5CC(CC(C5)C3)C4)CC2=O)cc1. The van der Waals surface area contributed by atoms with Crippen molar-refractivity contribution in [1.29, 1.82) is 0 Å². The Morgan fingerprint density at radius 1 is 1.11 bits per heavy atom. The first kappa shape index (κ1) is 18.0. The average molecular weight is 383 g/mol. The lowest BCUT2D eigenvalue weighted by Crippen LogP contribution is -2.60. The number of carbonyl (C=O) groups is 2. The smallest absolute Gasteiger partial charge is 0.227 e. The zero-order valence-electron chi connectivity index (χ0n) is 16.7. The van der Waals surface area contributed by atoms with Crippen molar-refractivity contribution < 1.29 is 14.3 Å². The summed E-state index contributed by atoms with van der Waals surface area (Å²) in [5, 5.41) is 3.45. The molecule has 0 radical (unpaired) electrons. The van der Waals surface area contributed by atoms with E-state index in [9.17, 15) is 9.59 Å². The van der Waals surface area contributed by atoms with Crippen LogP contribution in [0.25, 0.3) is 0 Å². The summed E-state index contributed by atoms with van der Waals surface area (Å²) in [6.07, 6.45) is 7.84. The van der Waals surface area contributed by atoms with Crippen molar-refractivity contribution in [3.05, 3.63) is 24.3 Å². The third kappa shape index (κ3) is 3.19. The van der Waals surface area contributed by atoms with Gasteiger partial charge in [-0.25, -0.2) is 0 Å². The summed E-state index contributed by atoms with van der Waals surface area (Å²) in [7, 11) is 0. The fraction of sp³-hybridized carbons (Fsp3) is 0.652. The maximum absolute atomic E-state index is 13.1. The van der Waals surface area contributed by atoms with Crippen molar-refractivity contribution in [2.45, 2.75) is 57.4 Å². The Morgan fingerprint density at radius 3 is 2.29 bits per heavy atom. The normalized spacial score (nSPS) is 36.0. The molecule has 1 atom stereocenters. The largest absolute Gasteiger partial charge is 0.494 e. The van der Waals surface area contributed by atoms with Crippen LogP contribution in [0.3, 0.4) is 0 Å². The van der Waals surface area contributed by atoms with Crippen molar-refractivity contribution in [3.63, 3.8) is 0 Å². The van der Waals surface area contributed by atoms with E-state index in [1.54, 1.807) is 4.90 Å². The van der Waals surface area contributed by atoms with Crippen LogP contribution in [0.2, 0.25) is 0 Å². The van der Waals surface area contributed by atoms with Crippen LogP contribution in [0.5, 0.6) is 5.75 Å². The van der Waals surface area contributed by atoms with Gasteiger partial charge in [0.2, 0.25) is 11.8 Å². The van der Waals surface area contributed by atoms with Gasteiger partial charge in [-0.05, 0) is 87.5 Å². The Bertz CT molecular complexity index is 737. The highest BCUT2D eigenvalue weighted by Crippen LogP contribution is 2.55. The summed E-state index contributed by atoms with van der Waals surface area (Å²) in [5.74, 6) is 3.09. The summed E-state index contributed by atoms with van der Waals surface area (Å²) >= 11 is 0. The van der Waals surface area contributed by atoms with Crippen LogP contribution in [0, 0.1) is 23.7 Å². The third-order valence-electron chi connectivity index (χ3n) is 7.38. The molecule has 1 N–H and O–H groups in total. The Hall–Kier alpha value is -2.04. The number of amides is 2. The Balaban J connectivity index is 1.25. The minimum Gasteiger partial charge on any atom is -0.494 e. The van der Waals surface area contributed by atoms with E-state index in [0.717, 1.165) is 48.5 Å². The van der Waals surface area contributed by atoms with E-state index in [2.05, 4.69) is 5.32 Å². The minimum absolute atomic E-state index is 0.0153. The summed E-state index contributed by atoms with van der Waals surface area (Å²) < 4.78 is 5.48. The molecule has 5 nitrogen and oxygen atoms in total. The van der Waals surface area contributed by atoms with Crippen LogP contribution in [0.15, 0.2) is 24.3 Å². The number of anilines is 1. The molecular formula is C23H30N2O3. The number of hydrogen-bond donors (Lipinski definition) is 1. The van der Waals surface area contributed by atoms with Gasteiger partial charge in [-0.2, -0.15) is 0 Å². The van der Waals surface area contributed by atoms with Crippen molar-refractivity contribution in [3.8, 4) is 5.75 Å². The lowest BCUT2D eigenvalue weighted by atomic mass is 9.53. The molecule has 150 valence electrons. The lowest BCUT2D eigenvalue weighted by Gasteiger charge is -2.57. The van der Waals surface area contributed by atoms with Crippen LogP contribution in [-0.2, 0) is 9.59 Å². The molecule has 5 fully saturated rings. The van der Waals surface area contributed by atoms with Gasteiger partial charge in [-0.1, -0.05) is 0 Å². The summed E-state index contributed by atoms with van der Waals surface area (Å²) in [6, 6.07) is 7.58. The van der Waals surface area contributed by atoms with Gasteiger partial charge in [-0.3, -0.25) is 9.59 Å². The van der Waals surface area contributed by atoms with Gasteiger partial charge in [0.15, 0.2) is 0 Å². The molecule has 1 saturated heterocycles. The molecule has 1 heterocycles. The molecule has 2 amide bonds. The number of hydrogen-bond acceptors (Lipinski definition) is 3. The molecule has 6 rings (SSSR count). The van der Waals surface area contributed by atoms with Crippen LogP contribution < -0.4 is 15.0 Å². The highest BCUT2D eigenvalue weighted by atomic mass is 16.5. The van der Waals surface area contributed by atoms with Crippen molar-refractivity contribution in [2.24, 2.45) is 23.7 Å². The second-order valence-electron chi connectivity index (χ2n) is 9.52. The molecule has 0 aromatic heterocycles. The van der Waals surface area contributed by atoms with E-state index in [1.807, 2.05) is 31.2 Å².